The van der Waals surface area contributed by atoms with Crippen molar-refractivity contribution in [1.29, 1.82) is 0 Å². The van der Waals surface area contributed by atoms with Crippen LogP contribution < -0.4 is 5.84 Å². The second-order valence-corrected chi connectivity index (χ2v) is 5.22. The summed E-state index contributed by atoms with van der Waals surface area (Å²) in [5.41, 5.74) is 4.36. The number of hydrogen-bond acceptors (Lipinski definition) is 3. The lowest BCUT2D eigenvalue weighted by Gasteiger charge is -2.10. The quantitative estimate of drug-likeness (QED) is 0.536. The maximum absolute atomic E-state index is 5.86. The fourth-order valence-electron chi connectivity index (χ4n) is 2.38. The first kappa shape index (κ1) is 9.46. The number of nitrogens with two attached hydrogens (primary N) is 1. The van der Waals surface area contributed by atoms with Crippen molar-refractivity contribution in [1.82, 2.24) is 4.41 Å². The van der Waals surface area contributed by atoms with Crippen molar-refractivity contribution in [2.75, 3.05) is 6.54 Å². The van der Waals surface area contributed by atoms with Gasteiger partial charge in [-0.3, -0.25) is 5.84 Å². The zero-order valence-electron chi connectivity index (χ0n) is 8.57. The molecule has 78 valence electrons. The molecule has 1 aromatic carbocycles. The Balaban J connectivity index is 2.11. The van der Waals surface area contributed by atoms with E-state index in [1.165, 1.54) is 40.9 Å². The molecule has 0 amide bonds. The number of nitrogens with zero attached hydrogens (tertiary/aromatic N) is 1. The fourth-order valence-corrected chi connectivity index (χ4v) is 3.37. The van der Waals surface area contributed by atoms with E-state index in [4.69, 9.17) is 5.84 Å². The molecule has 1 aromatic rings. The number of hydrazine groups is 1. The van der Waals surface area contributed by atoms with Gasteiger partial charge in [0.2, 0.25) is 0 Å². The van der Waals surface area contributed by atoms with Crippen molar-refractivity contribution in [3.8, 4) is 0 Å². The van der Waals surface area contributed by atoms with Gasteiger partial charge in [-0.1, -0.05) is 24.3 Å². The van der Waals surface area contributed by atoms with E-state index in [1.807, 2.05) is 4.41 Å². The van der Waals surface area contributed by atoms with Crippen LogP contribution in [0.5, 0.6) is 0 Å². The highest BCUT2D eigenvalue weighted by molar-refractivity contribution is 8.01. The van der Waals surface area contributed by atoms with E-state index in [9.17, 15) is 0 Å². The standard InChI is InChI=1S/C12H14N2S/c13-14-8-11-10-6-2-1-4-9(10)5-3-7-12(11)15-14/h1-2,4,6H,3,5,7-8,13H2. The third-order valence-electron chi connectivity index (χ3n) is 3.07. The molecule has 0 saturated carbocycles. The first-order valence-corrected chi connectivity index (χ1v) is 6.12. The van der Waals surface area contributed by atoms with Gasteiger partial charge in [-0.15, -0.1) is 0 Å². The number of allylic oxidation sites excluding steroid dienone is 1. The van der Waals surface area contributed by atoms with Crippen LogP contribution in [0.3, 0.4) is 0 Å². The molecule has 0 saturated heterocycles. The van der Waals surface area contributed by atoms with E-state index in [2.05, 4.69) is 24.3 Å². The summed E-state index contributed by atoms with van der Waals surface area (Å²) in [5.74, 6) is 5.86. The minimum absolute atomic E-state index is 0.886. The zero-order valence-corrected chi connectivity index (χ0v) is 9.39. The van der Waals surface area contributed by atoms with Crippen LogP contribution in [0.4, 0.5) is 0 Å². The fraction of sp³-hybridized carbons (Fsp3) is 0.333. The van der Waals surface area contributed by atoms with Crippen LogP contribution in [-0.4, -0.2) is 11.0 Å². The number of aryl methyl sites for hydroxylation is 1. The largest absolute Gasteiger partial charge is 0.258 e. The molecule has 0 bridgehead atoms. The monoisotopic (exact) mass is 218 g/mol. The summed E-state index contributed by atoms with van der Waals surface area (Å²) in [6.07, 6.45) is 3.63. The molecular formula is C12H14N2S. The van der Waals surface area contributed by atoms with Crippen LogP contribution in [0.15, 0.2) is 29.2 Å². The van der Waals surface area contributed by atoms with E-state index in [0.717, 1.165) is 6.54 Å². The van der Waals surface area contributed by atoms with Crippen molar-refractivity contribution >= 4 is 17.5 Å². The second kappa shape index (κ2) is 3.67. The molecule has 0 radical (unpaired) electrons. The first-order valence-electron chi connectivity index (χ1n) is 5.35. The highest BCUT2D eigenvalue weighted by Crippen LogP contribution is 2.41. The number of fused-ring (bicyclic) bond motifs is 2. The smallest absolute Gasteiger partial charge is 0.0511 e. The predicted octanol–water partition coefficient (Wildman–Crippen LogP) is 2.57. The van der Waals surface area contributed by atoms with Gasteiger partial charge in [0.05, 0.1) is 6.54 Å². The van der Waals surface area contributed by atoms with Crippen molar-refractivity contribution in [3.63, 3.8) is 0 Å². The Hall–Kier alpha value is -0.770. The average Bonchev–Trinajstić information content (AvgIpc) is 2.52. The molecule has 1 aliphatic carbocycles. The van der Waals surface area contributed by atoms with Crippen molar-refractivity contribution in [2.45, 2.75) is 19.3 Å². The SMILES string of the molecule is NN1CC2=C(CCCc3ccccc32)S1. The molecular weight excluding hydrogens is 204 g/mol. The summed E-state index contributed by atoms with van der Waals surface area (Å²) in [7, 11) is 0. The Morgan fingerprint density at radius 2 is 2.07 bits per heavy atom. The Morgan fingerprint density at radius 1 is 1.20 bits per heavy atom. The van der Waals surface area contributed by atoms with Gasteiger partial charge >= 0.3 is 0 Å². The molecule has 2 N–H and O–H groups in total. The number of benzene rings is 1. The topological polar surface area (TPSA) is 29.3 Å². The minimum Gasteiger partial charge on any atom is -0.258 e. The lowest BCUT2D eigenvalue weighted by Crippen LogP contribution is -2.21. The molecule has 15 heavy (non-hydrogen) atoms. The second-order valence-electron chi connectivity index (χ2n) is 4.08. The summed E-state index contributed by atoms with van der Waals surface area (Å²) in [5, 5.41) is 0. The van der Waals surface area contributed by atoms with Gasteiger partial charge in [0, 0.05) is 4.91 Å². The van der Waals surface area contributed by atoms with Crippen LogP contribution >= 0.6 is 11.9 Å². The summed E-state index contributed by atoms with van der Waals surface area (Å²) >= 11 is 1.72. The molecule has 3 heteroatoms. The predicted molar refractivity (Wildman–Crippen MR) is 64.8 cm³/mol. The lowest BCUT2D eigenvalue weighted by atomic mass is 9.99. The van der Waals surface area contributed by atoms with Crippen LogP contribution in [0.25, 0.3) is 5.57 Å². The van der Waals surface area contributed by atoms with Crippen LogP contribution in [0.2, 0.25) is 0 Å². The maximum atomic E-state index is 5.86. The van der Waals surface area contributed by atoms with Crippen LogP contribution in [0, 0.1) is 0 Å². The van der Waals surface area contributed by atoms with E-state index < -0.39 is 0 Å². The summed E-state index contributed by atoms with van der Waals surface area (Å²) in [6.45, 7) is 0.886. The maximum Gasteiger partial charge on any atom is 0.0511 e. The number of hydrogen-bond donors (Lipinski definition) is 1. The van der Waals surface area contributed by atoms with Gasteiger partial charge in [0.25, 0.3) is 0 Å². The third kappa shape index (κ3) is 1.61. The minimum atomic E-state index is 0.886. The first-order chi connectivity index (χ1) is 7.34. The molecule has 3 rings (SSSR count). The van der Waals surface area contributed by atoms with Crippen LogP contribution in [0.1, 0.15) is 24.0 Å². The van der Waals surface area contributed by atoms with E-state index >= 15 is 0 Å². The molecule has 2 nitrogen and oxygen atoms in total. The van der Waals surface area contributed by atoms with Gasteiger partial charge in [-0.2, -0.15) is 4.41 Å². The Morgan fingerprint density at radius 3 is 3.00 bits per heavy atom. The number of rotatable bonds is 0. The highest BCUT2D eigenvalue weighted by Gasteiger charge is 2.25. The van der Waals surface area contributed by atoms with Gasteiger partial charge in [-0.25, -0.2) is 0 Å². The Bertz CT molecular complexity index is 425. The van der Waals surface area contributed by atoms with Gasteiger partial charge < -0.3 is 0 Å². The molecule has 0 atom stereocenters. The zero-order chi connectivity index (χ0) is 10.3. The summed E-state index contributed by atoms with van der Waals surface area (Å²) in [4.78, 5) is 1.47. The van der Waals surface area contributed by atoms with Gasteiger partial charge in [0.1, 0.15) is 0 Å². The Kier molecular flexibility index (Phi) is 2.31. The molecule has 0 aromatic heterocycles. The molecule has 0 unspecified atom stereocenters. The summed E-state index contributed by atoms with van der Waals surface area (Å²) in [6, 6.07) is 8.73. The molecule has 0 spiro atoms. The average molecular weight is 218 g/mol. The van der Waals surface area contributed by atoms with Crippen LogP contribution in [-0.2, 0) is 6.42 Å². The normalized spacial score (nSPS) is 21.1. The molecule has 0 fully saturated rings. The van der Waals surface area contributed by atoms with Gasteiger partial charge in [-0.05, 0) is 47.9 Å². The van der Waals surface area contributed by atoms with E-state index in [1.54, 1.807) is 11.9 Å². The molecule has 1 aliphatic heterocycles. The van der Waals surface area contributed by atoms with Crippen molar-refractivity contribution in [2.24, 2.45) is 5.84 Å². The van der Waals surface area contributed by atoms with E-state index in [-0.39, 0.29) is 0 Å². The molecule has 2 aliphatic rings. The lowest BCUT2D eigenvalue weighted by molar-refractivity contribution is 0.572. The van der Waals surface area contributed by atoms with Gasteiger partial charge in [0.15, 0.2) is 0 Å². The molecule has 1 heterocycles. The van der Waals surface area contributed by atoms with Crippen molar-refractivity contribution < 1.29 is 0 Å². The Labute approximate surface area is 94.2 Å². The van der Waals surface area contributed by atoms with E-state index in [0.29, 0.717) is 0 Å². The summed E-state index contributed by atoms with van der Waals surface area (Å²) < 4.78 is 1.84. The highest BCUT2D eigenvalue weighted by atomic mass is 32.2. The van der Waals surface area contributed by atoms with Crippen molar-refractivity contribution in [3.05, 3.63) is 40.3 Å². The third-order valence-corrected chi connectivity index (χ3v) is 4.10.